The minimum absolute atomic E-state index is 0.0423. The van der Waals surface area contributed by atoms with Gasteiger partial charge >= 0.3 is 0 Å². The van der Waals surface area contributed by atoms with Crippen LogP contribution in [0.4, 0.5) is 0 Å². The molecule has 0 aliphatic rings. The second-order valence-electron chi connectivity index (χ2n) is 4.84. The van der Waals surface area contributed by atoms with Gasteiger partial charge in [-0.05, 0) is 13.0 Å². The first-order valence-corrected chi connectivity index (χ1v) is 7.40. The molecule has 0 aliphatic heterocycles. The Balaban J connectivity index is 2.25. The third-order valence-electron chi connectivity index (χ3n) is 3.06. The average molecular weight is 295 g/mol. The molecule has 7 nitrogen and oxygen atoms in total. The minimum Gasteiger partial charge on any atom is -0.358 e. The van der Waals surface area contributed by atoms with Gasteiger partial charge in [-0.25, -0.2) is 4.98 Å². The molecule has 2 amide bonds. The third kappa shape index (κ3) is 6.89. The monoisotopic (exact) mass is 295 g/mol. The van der Waals surface area contributed by atoms with Crippen LogP contribution in [0.15, 0.2) is 6.20 Å². The molecule has 1 rings (SSSR count). The largest absolute Gasteiger partial charge is 0.358 e. The van der Waals surface area contributed by atoms with E-state index in [4.69, 9.17) is 0 Å². The van der Waals surface area contributed by atoms with E-state index in [-0.39, 0.29) is 18.4 Å². The average Bonchev–Trinajstić information content (AvgIpc) is 2.96. The highest BCUT2D eigenvalue weighted by molar-refractivity contribution is 5.94. The molecule has 0 spiro atoms. The zero-order valence-corrected chi connectivity index (χ0v) is 12.8. The Morgan fingerprint density at radius 3 is 2.81 bits per heavy atom. The number of likely N-dealkylation sites (N-methyl/N-ethyl adjacent to an activating group) is 1. The van der Waals surface area contributed by atoms with Crippen molar-refractivity contribution in [2.75, 3.05) is 20.1 Å². The first-order chi connectivity index (χ1) is 10.2. The van der Waals surface area contributed by atoms with Gasteiger partial charge in [0.15, 0.2) is 0 Å². The van der Waals surface area contributed by atoms with Crippen LogP contribution in [0.5, 0.6) is 0 Å². The lowest BCUT2D eigenvalue weighted by Gasteiger charge is -2.03. The number of aromatic amines is 1. The van der Waals surface area contributed by atoms with Crippen LogP contribution in [0.2, 0.25) is 0 Å². The fraction of sp³-hybridized carbons (Fsp3) is 0.643. The van der Waals surface area contributed by atoms with E-state index in [0.717, 1.165) is 18.8 Å². The van der Waals surface area contributed by atoms with Crippen molar-refractivity contribution in [2.24, 2.45) is 0 Å². The van der Waals surface area contributed by atoms with Gasteiger partial charge < -0.3 is 20.9 Å². The number of unbranched alkanes of at least 4 members (excludes halogenated alkanes) is 3. The van der Waals surface area contributed by atoms with E-state index >= 15 is 0 Å². The summed E-state index contributed by atoms with van der Waals surface area (Å²) in [7, 11) is 1.52. The Hall–Kier alpha value is -1.89. The van der Waals surface area contributed by atoms with Crippen LogP contribution >= 0.6 is 0 Å². The minimum atomic E-state index is -0.333. The van der Waals surface area contributed by atoms with E-state index in [1.165, 1.54) is 32.5 Å². The molecule has 4 N–H and O–H groups in total. The topological polar surface area (TPSA) is 98.9 Å². The lowest BCUT2D eigenvalue weighted by atomic mass is 10.2. The molecular weight excluding hydrogens is 270 g/mol. The van der Waals surface area contributed by atoms with Crippen molar-refractivity contribution in [2.45, 2.75) is 39.2 Å². The van der Waals surface area contributed by atoms with Crippen molar-refractivity contribution in [3.63, 3.8) is 0 Å². The molecule has 21 heavy (non-hydrogen) atoms. The number of H-pyrrole nitrogens is 1. The van der Waals surface area contributed by atoms with Crippen LogP contribution in [-0.4, -0.2) is 41.9 Å². The summed E-state index contributed by atoms with van der Waals surface area (Å²) in [5.74, 6) is 0.146. The number of aromatic nitrogens is 2. The summed E-state index contributed by atoms with van der Waals surface area (Å²) in [4.78, 5) is 29.9. The van der Waals surface area contributed by atoms with Crippen LogP contribution in [0, 0.1) is 0 Å². The van der Waals surface area contributed by atoms with Crippen molar-refractivity contribution in [3.8, 4) is 0 Å². The SMILES string of the molecule is CCCCCCNCc1ncc(C(=O)NCC(=O)NC)[nH]1. The molecule has 0 saturated carbocycles. The number of nitrogens with one attached hydrogen (secondary N) is 4. The van der Waals surface area contributed by atoms with Crippen molar-refractivity contribution >= 4 is 11.8 Å². The molecule has 0 atom stereocenters. The predicted octanol–water partition coefficient (Wildman–Crippen LogP) is 0.555. The molecule has 0 saturated heterocycles. The molecular formula is C14H25N5O2. The van der Waals surface area contributed by atoms with Gasteiger partial charge in [0.1, 0.15) is 11.5 Å². The molecule has 0 aliphatic carbocycles. The standard InChI is InChI=1S/C14H25N5O2/c1-3-4-5-6-7-16-9-12-17-8-11(19-12)14(21)18-10-13(20)15-2/h8,16H,3-7,9-10H2,1-2H3,(H,15,20)(H,17,19)(H,18,21). The van der Waals surface area contributed by atoms with Crippen LogP contribution in [0.3, 0.4) is 0 Å². The number of amides is 2. The van der Waals surface area contributed by atoms with Crippen LogP contribution in [-0.2, 0) is 11.3 Å². The number of carbonyl (C=O) groups is 2. The maximum atomic E-state index is 11.7. The van der Waals surface area contributed by atoms with E-state index in [9.17, 15) is 9.59 Å². The summed E-state index contributed by atoms with van der Waals surface area (Å²) in [5, 5.41) is 8.23. The lowest BCUT2D eigenvalue weighted by molar-refractivity contribution is -0.119. The lowest BCUT2D eigenvalue weighted by Crippen LogP contribution is -2.35. The maximum Gasteiger partial charge on any atom is 0.269 e. The highest BCUT2D eigenvalue weighted by Crippen LogP contribution is 1.99. The van der Waals surface area contributed by atoms with Gasteiger partial charge in [0.25, 0.3) is 5.91 Å². The molecule has 0 aromatic carbocycles. The Labute approximate surface area is 125 Å². The smallest absolute Gasteiger partial charge is 0.269 e. The number of rotatable bonds is 10. The number of carbonyl (C=O) groups excluding carboxylic acids is 2. The van der Waals surface area contributed by atoms with Gasteiger partial charge in [-0.2, -0.15) is 0 Å². The van der Waals surface area contributed by atoms with E-state index < -0.39 is 0 Å². The van der Waals surface area contributed by atoms with E-state index in [1.807, 2.05) is 0 Å². The van der Waals surface area contributed by atoms with Crippen molar-refractivity contribution < 1.29 is 9.59 Å². The molecule has 1 aromatic rings. The molecule has 0 fully saturated rings. The van der Waals surface area contributed by atoms with Crippen LogP contribution in [0.1, 0.15) is 48.9 Å². The van der Waals surface area contributed by atoms with Crippen LogP contribution in [0.25, 0.3) is 0 Å². The van der Waals surface area contributed by atoms with E-state index in [1.54, 1.807) is 0 Å². The number of imidazole rings is 1. The molecule has 1 aromatic heterocycles. The fourth-order valence-corrected chi connectivity index (χ4v) is 1.80. The Bertz CT molecular complexity index is 444. The van der Waals surface area contributed by atoms with Gasteiger partial charge in [-0.15, -0.1) is 0 Å². The summed E-state index contributed by atoms with van der Waals surface area (Å²) in [6.07, 6.45) is 6.35. The van der Waals surface area contributed by atoms with E-state index in [0.29, 0.717) is 12.2 Å². The number of hydrogen-bond acceptors (Lipinski definition) is 4. The summed E-state index contributed by atoms with van der Waals surface area (Å²) in [6.45, 7) is 3.69. The van der Waals surface area contributed by atoms with Gasteiger partial charge in [-0.3, -0.25) is 9.59 Å². The third-order valence-corrected chi connectivity index (χ3v) is 3.06. The second-order valence-corrected chi connectivity index (χ2v) is 4.84. The molecule has 7 heteroatoms. The number of nitrogens with zero attached hydrogens (tertiary/aromatic N) is 1. The normalized spacial score (nSPS) is 10.4. The molecule has 0 radical (unpaired) electrons. The molecule has 0 bridgehead atoms. The summed E-state index contributed by atoms with van der Waals surface area (Å²) in [6, 6.07) is 0. The first-order valence-electron chi connectivity index (χ1n) is 7.40. The molecule has 1 heterocycles. The van der Waals surface area contributed by atoms with Gasteiger partial charge in [0.05, 0.1) is 19.3 Å². The molecule has 118 valence electrons. The van der Waals surface area contributed by atoms with Gasteiger partial charge in [-0.1, -0.05) is 26.2 Å². The van der Waals surface area contributed by atoms with E-state index in [2.05, 4.69) is 32.8 Å². The Kier molecular flexibility index (Phi) is 8.11. The van der Waals surface area contributed by atoms with Crippen molar-refractivity contribution in [1.29, 1.82) is 0 Å². The quantitative estimate of drug-likeness (QED) is 0.474. The second kappa shape index (κ2) is 9.93. The fourth-order valence-electron chi connectivity index (χ4n) is 1.80. The summed E-state index contributed by atoms with van der Waals surface area (Å²) >= 11 is 0. The zero-order valence-electron chi connectivity index (χ0n) is 12.8. The van der Waals surface area contributed by atoms with Crippen molar-refractivity contribution in [1.82, 2.24) is 25.9 Å². The maximum absolute atomic E-state index is 11.7. The summed E-state index contributed by atoms with van der Waals surface area (Å²) < 4.78 is 0. The Morgan fingerprint density at radius 1 is 1.29 bits per heavy atom. The zero-order chi connectivity index (χ0) is 15.5. The van der Waals surface area contributed by atoms with Crippen molar-refractivity contribution in [3.05, 3.63) is 17.7 Å². The highest BCUT2D eigenvalue weighted by Gasteiger charge is 2.10. The van der Waals surface area contributed by atoms with Gasteiger partial charge in [0.2, 0.25) is 5.91 Å². The van der Waals surface area contributed by atoms with Gasteiger partial charge in [0, 0.05) is 7.05 Å². The molecule has 0 unspecified atom stereocenters. The first kappa shape index (κ1) is 17.2. The predicted molar refractivity (Wildman–Crippen MR) is 80.8 cm³/mol. The number of hydrogen-bond donors (Lipinski definition) is 4. The van der Waals surface area contributed by atoms with Crippen LogP contribution < -0.4 is 16.0 Å². The summed E-state index contributed by atoms with van der Waals surface area (Å²) in [5.41, 5.74) is 0.363. The highest BCUT2D eigenvalue weighted by atomic mass is 16.2. The Morgan fingerprint density at radius 2 is 2.10 bits per heavy atom.